The average Bonchev–Trinajstić information content (AvgIpc) is 2.72. The first-order valence-electron chi connectivity index (χ1n) is 10.0. The van der Waals surface area contributed by atoms with Gasteiger partial charge in [0.15, 0.2) is 11.5 Å². The van der Waals surface area contributed by atoms with Crippen molar-refractivity contribution in [2.24, 2.45) is 5.92 Å². The van der Waals surface area contributed by atoms with E-state index in [0.29, 0.717) is 17.3 Å². The molecule has 6 nitrogen and oxygen atoms in total. The van der Waals surface area contributed by atoms with Crippen LogP contribution in [0.25, 0.3) is 0 Å². The van der Waals surface area contributed by atoms with Crippen molar-refractivity contribution in [2.45, 2.75) is 31.6 Å². The van der Waals surface area contributed by atoms with Crippen LogP contribution in [-0.2, 0) is 4.79 Å². The Bertz CT molecular complexity index is 880. The smallest absolute Gasteiger partial charge is 0.307 e. The van der Waals surface area contributed by atoms with Crippen LogP contribution in [0.15, 0.2) is 42.5 Å². The molecule has 2 aromatic carbocycles. The number of carboxylic acid groups (broad SMARTS) is 1. The second-order valence-corrected chi connectivity index (χ2v) is 8.12. The van der Waals surface area contributed by atoms with Crippen LogP contribution < -0.4 is 15.3 Å². The predicted molar refractivity (Wildman–Crippen MR) is 117 cm³/mol. The maximum absolute atomic E-state index is 11.3. The summed E-state index contributed by atoms with van der Waals surface area (Å²) in [5.74, 6) is 0.555. The third-order valence-electron chi connectivity index (χ3n) is 5.77. The molecule has 2 aromatic rings. The van der Waals surface area contributed by atoms with E-state index in [-0.39, 0.29) is 24.2 Å². The summed E-state index contributed by atoms with van der Waals surface area (Å²) in [4.78, 5) is 24.8. The molecule has 0 bridgehead atoms. The van der Waals surface area contributed by atoms with E-state index < -0.39 is 5.97 Å². The summed E-state index contributed by atoms with van der Waals surface area (Å²) < 4.78 is 0. The number of likely N-dealkylation sites (tertiary alicyclic amines) is 1. The highest BCUT2D eigenvalue weighted by atomic mass is 35.5. The molecule has 2 atom stereocenters. The predicted octanol–water partition coefficient (Wildman–Crippen LogP) is 4.66. The molecular weight excluding hydrogens is 427 g/mol. The second kappa shape index (κ2) is 10.4. The number of hydrogen-bond donors (Lipinski definition) is 2. The van der Waals surface area contributed by atoms with Crippen molar-refractivity contribution in [3.63, 3.8) is 0 Å². The number of halogens is 2. The van der Waals surface area contributed by atoms with Gasteiger partial charge in [0.1, 0.15) is 0 Å². The van der Waals surface area contributed by atoms with Crippen LogP contribution in [-0.4, -0.2) is 35.6 Å². The number of para-hydroxylation sites is 1. The highest BCUT2D eigenvalue weighted by Crippen LogP contribution is 2.41. The van der Waals surface area contributed by atoms with Crippen LogP contribution in [0.3, 0.4) is 0 Å². The number of benzene rings is 2. The lowest BCUT2D eigenvalue weighted by molar-refractivity contribution is -0.143. The molecule has 162 valence electrons. The van der Waals surface area contributed by atoms with Gasteiger partial charge in [0.2, 0.25) is 0 Å². The Labute approximate surface area is 187 Å². The summed E-state index contributed by atoms with van der Waals surface area (Å²) in [5, 5.41) is 9.98. The molecule has 0 radical (unpaired) electrons. The molecule has 8 heteroatoms. The van der Waals surface area contributed by atoms with Crippen LogP contribution >= 0.6 is 24.0 Å². The molecule has 1 fully saturated rings. The number of aliphatic carboxylic acids is 1. The molecule has 30 heavy (non-hydrogen) atoms. The number of hydrogen-bond acceptors (Lipinski definition) is 5. The highest BCUT2D eigenvalue weighted by Gasteiger charge is 2.27. The van der Waals surface area contributed by atoms with Gasteiger partial charge in [-0.1, -0.05) is 29.8 Å². The van der Waals surface area contributed by atoms with E-state index in [9.17, 15) is 9.90 Å². The summed E-state index contributed by atoms with van der Waals surface area (Å²) in [6.45, 7) is 2.47. The summed E-state index contributed by atoms with van der Waals surface area (Å²) in [5.41, 5.74) is 4.65. The fourth-order valence-electron chi connectivity index (χ4n) is 4.31. The molecule has 4 rings (SSSR count). The molecule has 2 aliphatic rings. The van der Waals surface area contributed by atoms with Crippen molar-refractivity contribution >= 4 is 30.0 Å². The van der Waals surface area contributed by atoms with Crippen LogP contribution in [0.4, 0.5) is 0 Å². The van der Waals surface area contributed by atoms with Crippen LogP contribution in [0.2, 0.25) is 5.02 Å². The van der Waals surface area contributed by atoms with E-state index in [2.05, 4.69) is 16.6 Å². The first kappa shape index (κ1) is 22.7. The van der Waals surface area contributed by atoms with E-state index >= 15 is 0 Å². The lowest BCUT2D eigenvalue weighted by atomic mass is 9.86. The third kappa shape index (κ3) is 5.19. The van der Waals surface area contributed by atoms with Gasteiger partial charge in [0.25, 0.3) is 0 Å². The zero-order valence-corrected chi connectivity index (χ0v) is 18.1. The summed E-state index contributed by atoms with van der Waals surface area (Å²) in [6.07, 6.45) is 3.53. The number of rotatable bonds is 5. The van der Waals surface area contributed by atoms with Crippen molar-refractivity contribution in [1.82, 2.24) is 10.5 Å². The van der Waals surface area contributed by atoms with E-state index in [1.807, 2.05) is 30.3 Å². The van der Waals surface area contributed by atoms with Crippen LogP contribution in [0, 0.1) is 5.92 Å². The van der Waals surface area contributed by atoms with Gasteiger partial charge in [-0.2, -0.15) is 0 Å². The topological polar surface area (TPSA) is 71.0 Å². The lowest BCUT2D eigenvalue weighted by Crippen LogP contribution is -2.39. The molecule has 1 saturated heterocycles. The number of piperidine rings is 1. The van der Waals surface area contributed by atoms with Crippen molar-refractivity contribution in [2.75, 3.05) is 19.6 Å². The van der Waals surface area contributed by atoms with Gasteiger partial charge in [-0.15, -0.1) is 12.4 Å². The summed E-state index contributed by atoms with van der Waals surface area (Å²) in [7, 11) is 0. The minimum Gasteiger partial charge on any atom is -0.481 e. The number of nitrogens with one attached hydrogen (secondary N) is 1. The van der Waals surface area contributed by atoms with Gasteiger partial charge in [0, 0.05) is 34.3 Å². The second-order valence-electron chi connectivity index (χ2n) is 7.68. The standard InChI is InChI=1S/C22H25ClN2O4.ClH/c23-16-9-10-21-19(13-16)17(18-6-1-2-8-20(18)28-24-29-21)7-4-12-25-11-3-5-15(14-25)22(26)27;/h1-2,6,8-10,13,15,17,24H,3-5,7,11-12,14H2,(H,26,27);1H/t15-,17?;/m1./s1. The average molecular weight is 453 g/mol. The Morgan fingerprint density at radius 3 is 2.73 bits per heavy atom. The molecule has 0 spiro atoms. The summed E-state index contributed by atoms with van der Waals surface area (Å²) >= 11 is 6.29. The zero-order valence-electron chi connectivity index (χ0n) is 16.6. The minimum atomic E-state index is -0.686. The molecule has 0 amide bonds. The minimum absolute atomic E-state index is 0. The Hall–Kier alpha value is -1.99. The van der Waals surface area contributed by atoms with E-state index in [1.54, 1.807) is 6.07 Å². The molecule has 2 heterocycles. The SMILES string of the molecule is Cl.O=C(O)[C@@H]1CCCN(CCCC2c3ccccc3ONOc3ccc(Cl)cc32)C1. The van der Waals surface area contributed by atoms with Gasteiger partial charge >= 0.3 is 5.97 Å². The van der Waals surface area contributed by atoms with E-state index in [1.165, 1.54) is 0 Å². The highest BCUT2D eigenvalue weighted by molar-refractivity contribution is 6.30. The van der Waals surface area contributed by atoms with Gasteiger partial charge in [-0.3, -0.25) is 4.79 Å². The quantitative estimate of drug-likeness (QED) is 0.686. The van der Waals surface area contributed by atoms with Crippen LogP contribution in [0.5, 0.6) is 11.5 Å². The number of fused-ring (bicyclic) bond motifs is 2. The Kier molecular flexibility index (Phi) is 7.83. The molecule has 0 saturated carbocycles. The van der Waals surface area contributed by atoms with E-state index in [4.69, 9.17) is 21.3 Å². The van der Waals surface area contributed by atoms with Gasteiger partial charge in [-0.05, 0) is 63.0 Å². The van der Waals surface area contributed by atoms with Crippen molar-refractivity contribution in [1.29, 1.82) is 0 Å². The lowest BCUT2D eigenvalue weighted by Gasteiger charge is -2.31. The maximum atomic E-state index is 11.3. The monoisotopic (exact) mass is 452 g/mol. The fourth-order valence-corrected chi connectivity index (χ4v) is 4.49. The number of nitrogens with zero attached hydrogens (tertiary/aromatic N) is 1. The molecular formula is C22H26Cl2N2O4. The van der Waals surface area contributed by atoms with Crippen molar-refractivity contribution < 1.29 is 19.6 Å². The fraction of sp³-hybridized carbons (Fsp3) is 0.409. The zero-order chi connectivity index (χ0) is 20.2. The first-order chi connectivity index (χ1) is 14.1. The number of carboxylic acids is 1. The third-order valence-corrected chi connectivity index (χ3v) is 6.00. The van der Waals surface area contributed by atoms with Crippen LogP contribution in [0.1, 0.15) is 42.7 Å². The van der Waals surface area contributed by atoms with Gasteiger partial charge in [0.05, 0.1) is 5.92 Å². The Morgan fingerprint density at radius 2 is 1.93 bits per heavy atom. The normalized spacial score (nSPS) is 21.0. The Morgan fingerprint density at radius 1 is 1.17 bits per heavy atom. The maximum Gasteiger partial charge on any atom is 0.307 e. The molecule has 2 N–H and O–H groups in total. The largest absolute Gasteiger partial charge is 0.481 e. The Balaban J connectivity index is 0.00000256. The molecule has 0 aliphatic carbocycles. The van der Waals surface area contributed by atoms with E-state index in [0.717, 1.165) is 55.6 Å². The molecule has 0 aromatic heterocycles. The van der Waals surface area contributed by atoms with Crippen molar-refractivity contribution in [3.8, 4) is 11.5 Å². The first-order valence-corrected chi connectivity index (χ1v) is 10.4. The molecule has 1 unspecified atom stereocenters. The molecule has 2 aliphatic heterocycles. The van der Waals surface area contributed by atoms with Gasteiger partial charge in [-0.25, -0.2) is 0 Å². The number of carbonyl (C=O) groups is 1. The van der Waals surface area contributed by atoms with Crippen molar-refractivity contribution in [3.05, 3.63) is 58.6 Å². The van der Waals surface area contributed by atoms with Gasteiger partial charge < -0.3 is 19.7 Å². The summed E-state index contributed by atoms with van der Waals surface area (Å²) in [6, 6.07) is 13.5.